The predicted octanol–water partition coefficient (Wildman–Crippen LogP) is 3.65. The smallest absolute Gasteiger partial charge is 0.0410 e. The normalized spacial score (nSPS) is 29.9. The van der Waals surface area contributed by atoms with Crippen LogP contribution < -0.4 is 5.32 Å². The largest absolute Gasteiger partial charge is 0.381 e. The summed E-state index contributed by atoms with van der Waals surface area (Å²) in [6.07, 6.45) is 2.42. The van der Waals surface area contributed by atoms with E-state index in [0.29, 0.717) is 6.04 Å². The molecule has 2 aliphatic heterocycles. The van der Waals surface area contributed by atoms with E-state index < -0.39 is 0 Å². The Balaban J connectivity index is 1.88. The first-order chi connectivity index (χ1) is 8.95. The summed E-state index contributed by atoms with van der Waals surface area (Å²) < 4.78 is 0. The van der Waals surface area contributed by atoms with Gasteiger partial charge in [-0.3, -0.25) is 0 Å². The monoisotopic (exact) mass is 278 g/mol. The van der Waals surface area contributed by atoms with E-state index in [1.165, 1.54) is 30.8 Å². The summed E-state index contributed by atoms with van der Waals surface area (Å²) in [5.74, 6) is 0.754. The zero-order valence-corrected chi connectivity index (χ0v) is 12.8. The summed E-state index contributed by atoms with van der Waals surface area (Å²) in [4.78, 5) is 2.44. The second kappa shape index (κ2) is 4.68. The molecule has 2 atom stereocenters. The van der Waals surface area contributed by atoms with E-state index >= 15 is 0 Å². The van der Waals surface area contributed by atoms with E-state index in [9.17, 15) is 0 Å². The molecule has 3 heteroatoms. The summed E-state index contributed by atoms with van der Waals surface area (Å²) in [5.41, 5.74) is 2.93. The molecule has 0 saturated carbocycles. The first-order valence-corrected chi connectivity index (χ1v) is 7.57. The fourth-order valence-electron chi connectivity index (χ4n) is 3.81. The van der Waals surface area contributed by atoms with Gasteiger partial charge in [0.15, 0.2) is 0 Å². The minimum absolute atomic E-state index is 0.285. The van der Waals surface area contributed by atoms with E-state index in [4.69, 9.17) is 11.6 Å². The highest BCUT2D eigenvalue weighted by Gasteiger charge is 2.41. The molecule has 0 aromatic heterocycles. The lowest BCUT2D eigenvalue weighted by atomic mass is 9.70. The van der Waals surface area contributed by atoms with Gasteiger partial charge >= 0.3 is 0 Å². The van der Waals surface area contributed by atoms with Crippen molar-refractivity contribution in [3.05, 3.63) is 28.8 Å². The maximum atomic E-state index is 6.12. The van der Waals surface area contributed by atoms with E-state index in [1.54, 1.807) is 0 Å². The number of hydrogen-bond donors (Lipinski definition) is 1. The Bertz CT molecular complexity index is 484. The van der Waals surface area contributed by atoms with Crippen molar-refractivity contribution in [3.8, 4) is 0 Å². The van der Waals surface area contributed by atoms with Gasteiger partial charge in [-0.05, 0) is 61.5 Å². The van der Waals surface area contributed by atoms with Gasteiger partial charge in [0, 0.05) is 23.3 Å². The number of anilines is 1. The Hall–Kier alpha value is -0.730. The first-order valence-electron chi connectivity index (χ1n) is 7.19. The summed E-state index contributed by atoms with van der Waals surface area (Å²) >= 11 is 6.12. The van der Waals surface area contributed by atoms with Crippen LogP contribution in [0.2, 0.25) is 5.02 Å². The highest BCUT2D eigenvalue weighted by molar-refractivity contribution is 6.30. The van der Waals surface area contributed by atoms with Gasteiger partial charge in [0.25, 0.3) is 0 Å². The van der Waals surface area contributed by atoms with E-state index in [0.717, 1.165) is 17.4 Å². The molecule has 104 valence electrons. The van der Waals surface area contributed by atoms with Gasteiger partial charge < -0.3 is 10.2 Å². The number of benzene rings is 1. The SMILES string of the molecule is CN1CCC(C2Nc3ccc(Cl)cc3CC2(C)C)C1. The van der Waals surface area contributed by atoms with Gasteiger partial charge in [-0.2, -0.15) is 0 Å². The van der Waals surface area contributed by atoms with Crippen LogP contribution in [0, 0.1) is 11.3 Å². The van der Waals surface area contributed by atoms with Crippen LogP contribution in [0.15, 0.2) is 18.2 Å². The molecule has 1 fully saturated rings. The first kappa shape index (κ1) is 13.3. The maximum absolute atomic E-state index is 6.12. The van der Waals surface area contributed by atoms with Gasteiger partial charge in [-0.1, -0.05) is 25.4 Å². The van der Waals surface area contributed by atoms with Gasteiger partial charge in [-0.15, -0.1) is 0 Å². The summed E-state index contributed by atoms with van der Waals surface area (Å²) in [6.45, 7) is 7.20. The minimum Gasteiger partial charge on any atom is -0.381 e. The fourth-order valence-corrected chi connectivity index (χ4v) is 4.00. The van der Waals surface area contributed by atoms with Crippen molar-refractivity contribution in [1.82, 2.24) is 4.90 Å². The third-order valence-electron chi connectivity index (χ3n) is 4.77. The molecule has 1 aromatic carbocycles. The van der Waals surface area contributed by atoms with E-state index in [2.05, 4.69) is 43.2 Å². The molecule has 2 nitrogen and oxygen atoms in total. The van der Waals surface area contributed by atoms with Crippen molar-refractivity contribution in [2.75, 3.05) is 25.5 Å². The number of likely N-dealkylation sites (tertiary alicyclic amines) is 1. The highest BCUT2D eigenvalue weighted by Crippen LogP contribution is 2.42. The molecule has 0 bridgehead atoms. The number of hydrogen-bond acceptors (Lipinski definition) is 2. The topological polar surface area (TPSA) is 15.3 Å². The van der Waals surface area contributed by atoms with Gasteiger partial charge in [-0.25, -0.2) is 0 Å². The van der Waals surface area contributed by atoms with Crippen LogP contribution in [0.4, 0.5) is 5.69 Å². The molecular formula is C16H23ClN2. The van der Waals surface area contributed by atoms with Crippen LogP contribution in [-0.4, -0.2) is 31.1 Å². The standard InChI is InChI=1S/C16H23ClN2/c1-16(2)9-12-8-13(17)4-5-14(12)18-15(16)11-6-7-19(3)10-11/h4-5,8,11,15,18H,6-7,9-10H2,1-3H3. The Morgan fingerprint density at radius 2 is 2.16 bits per heavy atom. The average molecular weight is 279 g/mol. The van der Waals surface area contributed by atoms with E-state index in [1.807, 2.05) is 6.07 Å². The van der Waals surface area contributed by atoms with E-state index in [-0.39, 0.29) is 5.41 Å². The average Bonchev–Trinajstić information content (AvgIpc) is 2.73. The van der Waals surface area contributed by atoms with Crippen molar-refractivity contribution in [1.29, 1.82) is 0 Å². The number of rotatable bonds is 1. The molecule has 1 N–H and O–H groups in total. The summed E-state index contributed by atoms with van der Waals surface area (Å²) in [7, 11) is 2.23. The lowest BCUT2D eigenvalue weighted by molar-refractivity contribution is 0.222. The van der Waals surface area contributed by atoms with Crippen LogP contribution in [0.3, 0.4) is 0 Å². The minimum atomic E-state index is 0.285. The Kier molecular flexibility index (Phi) is 3.26. The lowest BCUT2D eigenvalue weighted by Gasteiger charge is -2.44. The summed E-state index contributed by atoms with van der Waals surface area (Å²) in [6, 6.07) is 6.80. The van der Waals surface area contributed by atoms with Crippen LogP contribution >= 0.6 is 11.6 Å². The molecular weight excluding hydrogens is 256 g/mol. The quantitative estimate of drug-likeness (QED) is 0.843. The highest BCUT2D eigenvalue weighted by atomic mass is 35.5. The van der Waals surface area contributed by atoms with Crippen LogP contribution in [0.25, 0.3) is 0 Å². The van der Waals surface area contributed by atoms with Crippen LogP contribution in [-0.2, 0) is 6.42 Å². The molecule has 3 rings (SSSR count). The van der Waals surface area contributed by atoms with Gasteiger partial charge in [0.2, 0.25) is 0 Å². The molecule has 0 aliphatic carbocycles. The molecule has 2 aliphatic rings. The predicted molar refractivity (Wildman–Crippen MR) is 82.0 cm³/mol. The van der Waals surface area contributed by atoms with Crippen LogP contribution in [0.1, 0.15) is 25.8 Å². The third kappa shape index (κ3) is 2.48. The molecule has 1 saturated heterocycles. The van der Waals surface area contributed by atoms with Crippen molar-refractivity contribution in [3.63, 3.8) is 0 Å². The number of fused-ring (bicyclic) bond motifs is 1. The molecule has 0 radical (unpaired) electrons. The fraction of sp³-hybridized carbons (Fsp3) is 0.625. The van der Waals surface area contributed by atoms with Crippen molar-refractivity contribution < 1.29 is 0 Å². The van der Waals surface area contributed by atoms with Crippen molar-refractivity contribution in [2.24, 2.45) is 11.3 Å². The molecule has 1 aromatic rings. The third-order valence-corrected chi connectivity index (χ3v) is 5.00. The number of nitrogens with one attached hydrogen (secondary N) is 1. The zero-order valence-electron chi connectivity index (χ0n) is 12.0. The zero-order chi connectivity index (χ0) is 13.6. The van der Waals surface area contributed by atoms with Gasteiger partial charge in [0.05, 0.1) is 0 Å². The number of nitrogens with zero attached hydrogens (tertiary/aromatic N) is 1. The molecule has 19 heavy (non-hydrogen) atoms. The second-order valence-electron chi connectivity index (χ2n) is 6.90. The molecule has 2 unspecified atom stereocenters. The number of halogens is 1. The molecule has 2 heterocycles. The van der Waals surface area contributed by atoms with Gasteiger partial charge in [0.1, 0.15) is 0 Å². The van der Waals surface area contributed by atoms with Crippen molar-refractivity contribution in [2.45, 2.75) is 32.7 Å². The Morgan fingerprint density at radius 3 is 2.84 bits per heavy atom. The Morgan fingerprint density at radius 1 is 1.37 bits per heavy atom. The van der Waals surface area contributed by atoms with Crippen LogP contribution in [0.5, 0.6) is 0 Å². The molecule has 0 amide bonds. The summed E-state index contributed by atoms with van der Waals surface area (Å²) in [5, 5.41) is 4.63. The lowest BCUT2D eigenvalue weighted by Crippen LogP contribution is -2.47. The molecule has 0 spiro atoms. The van der Waals surface area contributed by atoms with Crippen molar-refractivity contribution >= 4 is 17.3 Å². The Labute approximate surface area is 121 Å². The maximum Gasteiger partial charge on any atom is 0.0410 e. The second-order valence-corrected chi connectivity index (χ2v) is 7.34.